The molecule has 1 heterocycles. The Labute approximate surface area is 109 Å². The Morgan fingerprint density at radius 2 is 1.94 bits per heavy atom. The number of alkyl halides is 2. The lowest BCUT2D eigenvalue weighted by atomic mass is 10.0. The van der Waals surface area contributed by atoms with Crippen molar-refractivity contribution in [1.82, 2.24) is 10.2 Å². The van der Waals surface area contributed by atoms with Crippen LogP contribution in [0.2, 0.25) is 0 Å². The van der Waals surface area contributed by atoms with E-state index in [0.717, 1.165) is 32.6 Å². The largest absolute Gasteiger partial charge is 0.317 e. The standard InChI is InChI=1S/C14H26F2N2/c1-2-9-18(13-4-7-17-8-5-13)11-12-3-6-14(15,16)10-12/h12-13,17H,2-11H2,1H3. The highest BCUT2D eigenvalue weighted by atomic mass is 19.3. The van der Waals surface area contributed by atoms with Crippen molar-refractivity contribution in [2.75, 3.05) is 26.2 Å². The van der Waals surface area contributed by atoms with Gasteiger partial charge in [-0.25, -0.2) is 8.78 Å². The SMILES string of the molecule is CCCN(CC1CCC(F)(F)C1)C1CCNCC1. The molecule has 0 aromatic carbocycles. The fourth-order valence-corrected chi connectivity index (χ4v) is 3.41. The average Bonchev–Trinajstić information content (AvgIpc) is 2.69. The van der Waals surface area contributed by atoms with Crippen molar-refractivity contribution in [3.05, 3.63) is 0 Å². The van der Waals surface area contributed by atoms with E-state index in [0.29, 0.717) is 12.5 Å². The molecule has 2 aliphatic rings. The summed E-state index contributed by atoms with van der Waals surface area (Å²) in [4.78, 5) is 2.48. The third-order valence-electron chi connectivity index (χ3n) is 4.33. The summed E-state index contributed by atoms with van der Waals surface area (Å²) in [6.07, 6.45) is 4.37. The van der Waals surface area contributed by atoms with Crippen LogP contribution in [0.25, 0.3) is 0 Å². The van der Waals surface area contributed by atoms with Crippen molar-refractivity contribution in [2.24, 2.45) is 5.92 Å². The highest BCUT2D eigenvalue weighted by Crippen LogP contribution is 2.39. The summed E-state index contributed by atoms with van der Waals surface area (Å²) in [5.41, 5.74) is 0. The number of hydrogen-bond donors (Lipinski definition) is 1. The van der Waals surface area contributed by atoms with Gasteiger partial charge in [-0.3, -0.25) is 0 Å². The summed E-state index contributed by atoms with van der Waals surface area (Å²) in [6, 6.07) is 0.612. The van der Waals surface area contributed by atoms with Gasteiger partial charge < -0.3 is 10.2 Å². The van der Waals surface area contributed by atoms with Gasteiger partial charge in [0.15, 0.2) is 0 Å². The van der Waals surface area contributed by atoms with Crippen molar-refractivity contribution >= 4 is 0 Å². The first-order valence-corrected chi connectivity index (χ1v) is 7.43. The summed E-state index contributed by atoms with van der Waals surface area (Å²) < 4.78 is 26.5. The molecule has 18 heavy (non-hydrogen) atoms. The molecule has 106 valence electrons. The summed E-state index contributed by atoms with van der Waals surface area (Å²) >= 11 is 0. The predicted molar refractivity (Wildman–Crippen MR) is 70.0 cm³/mol. The second kappa shape index (κ2) is 6.29. The van der Waals surface area contributed by atoms with Gasteiger partial charge >= 0.3 is 0 Å². The maximum Gasteiger partial charge on any atom is 0.248 e. The Bertz CT molecular complexity index is 252. The molecule has 1 unspecified atom stereocenters. The molecule has 1 aliphatic heterocycles. The van der Waals surface area contributed by atoms with Crippen LogP contribution in [0.15, 0.2) is 0 Å². The van der Waals surface area contributed by atoms with Gasteiger partial charge in [0.1, 0.15) is 0 Å². The second-order valence-corrected chi connectivity index (χ2v) is 5.94. The Morgan fingerprint density at radius 1 is 1.22 bits per heavy atom. The lowest BCUT2D eigenvalue weighted by Gasteiger charge is -2.36. The minimum atomic E-state index is -2.39. The monoisotopic (exact) mass is 260 g/mol. The Hall–Kier alpha value is -0.220. The molecule has 0 aromatic heterocycles. The zero-order chi connectivity index (χ0) is 13.0. The molecule has 0 radical (unpaired) electrons. The Balaban J connectivity index is 1.85. The minimum absolute atomic E-state index is 0.101. The zero-order valence-electron chi connectivity index (χ0n) is 11.4. The molecule has 2 fully saturated rings. The first-order chi connectivity index (χ1) is 8.61. The highest BCUT2D eigenvalue weighted by Gasteiger charge is 2.40. The van der Waals surface area contributed by atoms with Gasteiger partial charge in [-0.2, -0.15) is 0 Å². The number of nitrogens with one attached hydrogen (secondary N) is 1. The molecule has 4 heteroatoms. The van der Waals surface area contributed by atoms with Crippen molar-refractivity contribution in [1.29, 1.82) is 0 Å². The summed E-state index contributed by atoms with van der Waals surface area (Å²) in [5, 5.41) is 3.37. The van der Waals surface area contributed by atoms with Gasteiger partial charge in [0.05, 0.1) is 0 Å². The summed E-state index contributed by atoms with van der Waals surface area (Å²) in [7, 11) is 0. The van der Waals surface area contributed by atoms with Crippen LogP contribution >= 0.6 is 0 Å². The van der Waals surface area contributed by atoms with Crippen molar-refractivity contribution < 1.29 is 8.78 Å². The van der Waals surface area contributed by atoms with Gasteiger partial charge in [-0.05, 0) is 51.2 Å². The van der Waals surface area contributed by atoms with Gasteiger partial charge in [-0.1, -0.05) is 6.92 Å². The zero-order valence-corrected chi connectivity index (χ0v) is 11.4. The van der Waals surface area contributed by atoms with E-state index in [1.165, 1.54) is 12.8 Å². The minimum Gasteiger partial charge on any atom is -0.317 e. The second-order valence-electron chi connectivity index (χ2n) is 5.94. The van der Waals surface area contributed by atoms with E-state index in [1.54, 1.807) is 0 Å². The maximum atomic E-state index is 13.2. The van der Waals surface area contributed by atoms with Gasteiger partial charge in [0.2, 0.25) is 5.92 Å². The van der Waals surface area contributed by atoms with Gasteiger partial charge in [0.25, 0.3) is 0 Å². The summed E-state index contributed by atoms with van der Waals surface area (Å²) in [6.45, 7) is 6.27. The van der Waals surface area contributed by atoms with Crippen LogP contribution in [0.5, 0.6) is 0 Å². The molecule has 0 amide bonds. The molecule has 0 aromatic rings. The molecule has 1 saturated heterocycles. The molecular weight excluding hydrogens is 234 g/mol. The van der Waals surface area contributed by atoms with Crippen LogP contribution < -0.4 is 5.32 Å². The van der Waals surface area contributed by atoms with Crippen molar-refractivity contribution in [2.45, 2.75) is 57.4 Å². The van der Waals surface area contributed by atoms with Crippen LogP contribution in [0.3, 0.4) is 0 Å². The smallest absolute Gasteiger partial charge is 0.248 e. The van der Waals surface area contributed by atoms with Crippen molar-refractivity contribution in [3.8, 4) is 0 Å². The van der Waals surface area contributed by atoms with Gasteiger partial charge in [-0.15, -0.1) is 0 Å². The molecule has 1 aliphatic carbocycles. The van der Waals surface area contributed by atoms with E-state index >= 15 is 0 Å². The fourth-order valence-electron chi connectivity index (χ4n) is 3.41. The first-order valence-electron chi connectivity index (χ1n) is 7.43. The van der Waals surface area contributed by atoms with Crippen LogP contribution in [-0.2, 0) is 0 Å². The molecule has 0 spiro atoms. The van der Waals surface area contributed by atoms with Crippen molar-refractivity contribution in [3.63, 3.8) is 0 Å². The highest BCUT2D eigenvalue weighted by molar-refractivity contribution is 4.86. The predicted octanol–water partition coefficient (Wildman–Crippen LogP) is 2.89. The summed E-state index contributed by atoms with van der Waals surface area (Å²) in [5.74, 6) is -2.18. The van der Waals surface area contributed by atoms with E-state index < -0.39 is 5.92 Å². The Kier molecular flexibility index (Phi) is 4.96. The number of piperidine rings is 1. The van der Waals surface area contributed by atoms with Crippen LogP contribution in [0.1, 0.15) is 45.4 Å². The molecule has 0 bridgehead atoms. The Morgan fingerprint density at radius 3 is 2.50 bits per heavy atom. The number of rotatable bonds is 5. The first kappa shape index (κ1) is 14.2. The molecule has 1 N–H and O–H groups in total. The van der Waals surface area contributed by atoms with E-state index in [2.05, 4.69) is 17.1 Å². The fraction of sp³-hybridized carbons (Fsp3) is 1.00. The maximum absolute atomic E-state index is 13.2. The van der Waals surface area contributed by atoms with Crippen LogP contribution in [0, 0.1) is 5.92 Å². The van der Waals surface area contributed by atoms with E-state index in [9.17, 15) is 8.78 Å². The van der Waals surface area contributed by atoms with E-state index in [4.69, 9.17) is 0 Å². The molecule has 2 nitrogen and oxygen atoms in total. The number of nitrogens with zero attached hydrogens (tertiary/aromatic N) is 1. The van der Waals surface area contributed by atoms with Crippen LogP contribution in [0.4, 0.5) is 8.78 Å². The quantitative estimate of drug-likeness (QED) is 0.817. The third kappa shape index (κ3) is 3.89. The molecule has 2 rings (SSSR count). The lowest BCUT2D eigenvalue weighted by Crippen LogP contribution is -2.45. The van der Waals surface area contributed by atoms with Crippen LogP contribution in [-0.4, -0.2) is 43.0 Å². The third-order valence-corrected chi connectivity index (χ3v) is 4.33. The number of halogens is 2. The van der Waals surface area contributed by atoms with Gasteiger partial charge in [0, 0.05) is 25.4 Å². The number of hydrogen-bond acceptors (Lipinski definition) is 2. The molecule has 1 saturated carbocycles. The topological polar surface area (TPSA) is 15.3 Å². The molecule has 1 atom stereocenters. The van der Waals surface area contributed by atoms with E-state index in [1.807, 2.05) is 0 Å². The van der Waals surface area contributed by atoms with E-state index in [-0.39, 0.29) is 18.8 Å². The lowest BCUT2D eigenvalue weighted by molar-refractivity contribution is 0.00227. The average molecular weight is 260 g/mol. The molecular formula is C14H26F2N2. The normalized spacial score (nSPS) is 29.0.